The summed E-state index contributed by atoms with van der Waals surface area (Å²) in [6, 6.07) is 16.2. The highest BCUT2D eigenvalue weighted by atomic mass is 16.5. The number of carbonyl (C=O) groups excluding carboxylic acids is 2. The van der Waals surface area contributed by atoms with Crippen LogP contribution in [0.2, 0.25) is 0 Å². The van der Waals surface area contributed by atoms with Gasteiger partial charge in [0, 0.05) is 25.7 Å². The van der Waals surface area contributed by atoms with Crippen molar-refractivity contribution in [3.05, 3.63) is 76.9 Å². The molecule has 204 valence electrons. The van der Waals surface area contributed by atoms with Crippen LogP contribution in [0.1, 0.15) is 80.0 Å². The average molecular weight is 520 g/mol. The zero-order valence-corrected chi connectivity index (χ0v) is 22.2. The van der Waals surface area contributed by atoms with Gasteiger partial charge in [-0.3, -0.25) is 14.8 Å². The van der Waals surface area contributed by atoms with Crippen LogP contribution in [-0.2, 0) is 34.0 Å². The molecule has 0 aliphatic heterocycles. The Bertz CT molecular complexity index is 1060. The number of hydrogen-bond donors (Lipinski definition) is 4. The molecule has 0 bridgehead atoms. The van der Waals surface area contributed by atoms with E-state index in [2.05, 4.69) is 34.9 Å². The molecule has 7 heteroatoms. The summed E-state index contributed by atoms with van der Waals surface area (Å²) >= 11 is 0. The summed E-state index contributed by atoms with van der Waals surface area (Å²) in [5.41, 5.74) is 5.94. The van der Waals surface area contributed by atoms with Gasteiger partial charge in [0.25, 0.3) is 5.91 Å². The van der Waals surface area contributed by atoms with Crippen LogP contribution in [0.4, 0.5) is 0 Å². The standard InChI is InChI=1S/C31H41N3O4/c35-29(34-37)18-17-23-7-6-8-26(19-23)21-32-20-24-13-15-25(16-14-24)22-33-30(27-9-2-1-3-10-27)31(36)38-28-11-4-5-12-28/h6-8,13-19,27-28,30,32-33,37H,1-5,9-12,20-22H2,(H,34,35)/b18-17+/t30-/m0/s1. The third-order valence-corrected chi connectivity index (χ3v) is 7.66. The lowest BCUT2D eigenvalue weighted by Crippen LogP contribution is -2.45. The van der Waals surface area contributed by atoms with E-state index in [0.717, 1.165) is 61.8 Å². The number of amides is 1. The summed E-state index contributed by atoms with van der Waals surface area (Å²) in [4.78, 5) is 24.3. The van der Waals surface area contributed by atoms with E-state index in [1.165, 1.54) is 30.9 Å². The first-order chi connectivity index (χ1) is 18.6. The van der Waals surface area contributed by atoms with E-state index in [1.807, 2.05) is 24.3 Å². The molecule has 0 aromatic heterocycles. The molecule has 1 amide bonds. The summed E-state index contributed by atoms with van der Waals surface area (Å²) in [6.07, 6.45) is 13.2. The Morgan fingerprint density at radius 1 is 0.868 bits per heavy atom. The Hall–Kier alpha value is -3.00. The molecule has 2 aromatic carbocycles. The van der Waals surface area contributed by atoms with Crippen molar-refractivity contribution in [3.8, 4) is 0 Å². The van der Waals surface area contributed by atoms with Gasteiger partial charge in [0.05, 0.1) is 0 Å². The van der Waals surface area contributed by atoms with Gasteiger partial charge in [-0.2, -0.15) is 0 Å². The minimum Gasteiger partial charge on any atom is -0.461 e. The van der Waals surface area contributed by atoms with Crippen molar-refractivity contribution in [2.24, 2.45) is 5.92 Å². The van der Waals surface area contributed by atoms with E-state index >= 15 is 0 Å². The first kappa shape index (κ1) is 28.0. The second-order valence-corrected chi connectivity index (χ2v) is 10.6. The summed E-state index contributed by atoms with van der Waals surface area (Å²) in [5, 5.41) is 15.6. The number of rotatable bonds is 12. The molecule has 2 aliphatic carbocycles. The van der Waals surface area contributed by atoms with Crippen molar-refractivity contribution < 1.29 is 19.5 Å². The second-order valence-electron chi connectivity index (χ2n) is 10.6. The van der Waals surface area contributed by atoms with E-state index in [-0.39, 0.29) is 18.1 Å². The summed E-state index contributed by atoms with van der Waals surface area (Å²) < 4.78 is 5.91. The lowest BCUT2D eigenvalue weighted by molar-refractivity contribution is -0.153. The molecule has 2 aliphatic rings. The predicted octanol–water partition coefficient (Wildman–Crippen LogP) is 5.02. The van der Waals surface area contributed by atoms with Gasteiger partial charge in [0.2, 0.25) is 0 Å². The lowest BCUT2D eigenvalue weighted by atomic mass is 9.83. The van der Waals surface area contributed by atoms with E-state index < -0.39 is 5.91 Å². The average Bonchev–Trinajstić information content (AvgIpc) is 3.46. The Morgan fingerprint density at radius 3 is 2.24 bits per heavy atom. The van der Waals surface area contributed by atoms with Crippen molar-refractivity contribution in [2.75, 3.05) is 0 Å². The molecular formula is C31H41N3O4. The summed E-state index contributed by atoms with van der Waals surface area (Å²) in [7, 11) is 0. The highest BCUT2D eigenvalue weighted by molar-refractivity contribution is 5.90. The van der Waals surface area contributed by atoms with Crippen LogP contribution in [0.25, 0.3) is 6.08 Å². The minimum atomic E-state index is -0.555. The fraction of sp³-hybridized carbons (Fsp3) is 0.484. The van der Waals surface area contributed by atoms with Crippen LogP contribution >= 0.6 is 0 Å². The fourth-order valence-electron chi connectivity index (χ4n) is 5.52. The third kappa shape index (κ3) is 8.79. The molecule has 0 spiro atoms. The molecule has 2 saturated carbocycles. The van der Waals surface area contributed by atoms with Crippen LogP contribution in [0.3, 0.4) is 0 Å². The maximum Gasteiger partial charge on any atom is 0.323 e. The molecule has 2 fully saturated rings. The van der Waals surface area contributed by atoms with Gasteiger partial charge >= 0.3 is 5.97 Å². The SMILES string of the molecule is O=C(/C=C/c1cccc(CNCc2ccc(CN[C@H](C(=O)OC3CCCC3)C3CCCCC3)cc2)c1)NO. The van der Waals surface area contributed by atoms with Gasteiger partial charge in [-0.1, -0.05) is 67.8 Å². The van der Waals surface area contributed by atoms with Crippen molar-refractivity contribution in [1.29, 1.82) is 0 Å². The molecule has 0 saturated heterocycles. The Morgan fingerprint density at radius 2 is 1.53 bits per heavy atom. The van der Waals surface area contributed by atoms with Crippen molar-refractivity contribution in [3.63, 3.8) is 0 Å². The van der Waals surface area contributed by atoms with Crippen molar-refractivity contribution >= 4 is 18.0 Å². The minimum absolute atomic E-state index is 0.0548. The largest absolute Gasteiger partial charge is 0.461 e. The first-order valence-electron chi connectivity index (χ1n) is 14.0. The normalized spacial score (nSPS) is 17.5. The Balaban J connectivity index is 1.25. The maximum atomic E-state index is 13.1. The van der Waals surface area contributed by atoms with Crippen LogP contribution in [-0.4, -0.2) is 29.2 Å². The van der Waals surface area contributed by atoms with Crippen molar-refractivity contribution in [2.45, 2.75) is 89.6 Å². The topological polar surface area (TPSA) is 99.7 Å². The monoisotopic (exact) mass is 519 g/mol. The van der Waals surface area contributed by atoms with Crippen LogP contribution in [0.5, 0.6) is 0 Å². The number of benzene rings is 2. The van der Waals surface area contributed by atoms with Crippen molar-refractivity contribution in [1.82, 2.24) is 16.1 Å². The van der Waals surface area contributed by atoms with Crippen LogP contribution in [0.15, 0.2) is 54.6 Å². The Kier molecular flexibility index (Phi) is 10.9. The predicted molar refractivity (Wildman–Crippen MR) is 148 cm³/mol. The van der Waals surface area contributed by atoms with Gasteiger partial charge in [0.15, 0.2) is 0 Å². The number of hydrogen-bond acceptors (Lipinski definition) is 6. The highest BCUT2D eigenvalue weighted by Crippen LogP contribution is 2.29. The van der Waals surface area contributed by atoms with Gasteiger partial charge in [-0.05, 0) is 72.8 Å². The van der Waals surface area contributed by atoms with Gasteiger partial charge in [0.1, 0.15) is 12.1 Å². The smallest absolute Gasteiger partial charge is 0.323 e. The quantitative estimate of drug-likeness (QED) is 0.136. The van der Waals surface area contributed by atoms with Gasteiger partial charge in [-0.15, -0.1) is 0 Å². The lowest BCUT2D eigenvalue weighted by Gasteiger charge is -2.30. The number of ether oxygens (including phenoxy) is 1. The molecule has 1 atom stereocenters. The van der Waals surface area contributed by atoms with E-state index in [1.54, 1.807) is 11.6 Å². The van der Waals surface area contributed by atoms with Gasteiger partial charge in [-0.25, -0.2) is 5.48 Å². The molecule has 0 unspecified atom stereocenters. The molecule has 38 heavy (non-hydrogen) atoms. The van der Waals surface area contributed by atoms with E-state index in [4.69, 9.17) is 9.94 Å². The summed E-state index contributed by atoms with van der Waals surface area (Å²) in [5.74, 6) is -0.247. The first-order valence-corrected chi connectivity index (χ1v) is 14.0. The molecule has 0 heterocycles. The van der Waals surface area contributed by atoms with E-state index in [0.29, 0.717) is 19.0 Å². The maximum absolute atomic E-state index is 13.1. The summed E-state index contributed by atoms with van der Waals surface area (Å²) in [6.45, 7) is 2.09. The van der Waals surface area contributed by atoms with Crippen LogP contribution in [0, 0.1) is 5.92 Å². The fourth-order valence-corrected chi connectivity index (χ4v) is 5.52. The number of carbonyl (C=O) groups is 2. The highest BCUT2D eigenvalue weighted by Gasteiger charge is 2.32. The molecule has 0 radical (unpaired) electrons. The Labute approximate surface area is 226 Å². The molecule has 7 nitrogen and oxygen atoms in total. The molecule has 2 aromatic rings. The molecule has 4 N–H and O–H groups in total. The molecule has 4 rings (SSSR count). The number of hydroxylamine groups is 1. The van der Waals surface area contributed by atoms with Crippen LogP contribution < -0.4 is 16.1 Å². The number of nitrogens with one attached hydrogen (secondary N) is 3. The second kappa shape index (κ2) is 14.8. The zero-order chi connectivity index (χ0) is 26.6. The third-order valence-electron chi connectivity index (χ3n) is 7.66. The molecular weight excluding hydrogens is 478 g/mol. The zero-order valence-electron chi connectivity index (χ0n) is 22.2. The number of esters is 1. The van der Waals surface area contributed by atoms with E-state index in [9.17, 15) is 9.59 Å². The van der Waals surface area contributed by atoms with Gasteiger partial charge < -0.3 is 15.4 Å².